The Morgan fingerprint density at radius 2 is 2.00 bits per heavy atom. The van der Waals surface area contributed by atoms with Crippen LogP contribution in [0.15, 0.2) is 0 Å². The molecular formula is C13H22N2. The fraction of sp³-hybridized carbons (Fsp3) is 0.923. The third-order valence-electron chi connectivity index (χ3n) is 4.17. The third kappa shape index (κ3) is 2.18. The van der Waals surface area contributed by atoms with Crippen LogP contribution in [0.25, 0.3) is 0 Å². The molecule has 1 atom stereocenters. The molecule has 0 aromatic heterocycles. The van der Waals surface area contributed by atoms with Crippen molar-refractivity contribution in [1.82, 2.24) is 4.90 Å². The number of nitriles is 1. The minimum absolute atomic E-state index is 0.330. The number of hydrogen-bond donors (Lipinski definition) is 0. The van der Waals surface area contributed by atoms with Crippen LogP contribution in [0.5, 0.6) is 0 Å². The second-order valence-corrected chi connectivity index (χ2v) is 5.84. The Bertz CT molecular complexity index is 258. The van der Waals surface area contributed by atoms with Gasteiger partial charge in [-0.15, -0.1) is 0 Å². The topological polar surface area (TPSA) is 27.0 Å². The standard InChI is InChI=1S/C13H22N2/c1-13(2)9-11(7-8-14)10-15(13)12-5-3-4-6-12/h11-12H,3-7,9-10H2,1-2H3. The Morgan fingerprint density at radius 1 is 1.33 bits per heavy atom. The van der Waals surface area contributed by atoms with E-state index in [0.717, 1.165) is 19.0 Å². The summed E-state index contributed by atoms with van der Waals surface area (Å²) in [5.41, 5.74) is 0.330. The summed E-state index contributed by atoms with van der Waals surface area (Å²) in [5.74, 6) is 0.616. The first-order chi connectivity index (χ1) is 7.13. The molecule has 84 valence electrons. The molecule has 1 heterocycles. The SMILES string of the molecule is CC1(C)CC(CC#N)CN1C1CCCC1. The molecule has 0 aromatic rings. The summed E-state index contributed by atoms with van der Waals surface area (Å²) < 4.78 is 0. The lowest BCUT2D eigenvalue weighted by Gasteiger charge is -2.36. The van der Waals surface area contributed by atoms with E-state index in [-0.39, 0.29) is 0 Å². The van der Waals surface area contributed by atoms with E-state index in [0.29, 0.717) is 11.5 Å². The fourth-order valence-corrected chi connectivity index (χ4v) is 3.54. The lowest BCUT2D eigenvalue weighted by atomic mass is 9.94. The van der Waals surface area contributed by atoms with Gasteiger partial charge in [0.1, 0.15) is 0 Å². The van der Waals surface area contributed by atoms with E-state index >= 15 is 0 Å². The van der Waals surface area contributed by atoms with E-state index in [4.69, 9.17) is 5.26 Å². The highest BCUT2D eigenvalue weighted by molar-refractivity contribution is 4.99. The van der Waals surface area contributed by atoms with Gasteiger partial charge in [-0.05, 0) is 39.0 Å². The van der Waals surface area contributed by atoms with Crippen LogP contribution in [0, 0.1) is 17.2 Å². The lowest BCUT2D eigenvalue weighted by molar-refractivity contribution is 0.117. The first kappa shape index (κ1) is 11.0. The highest BCUT2D eigenvalue weighted by Crippen LogP contribution is 2.39. The van der Waals surface area contributed by atoms with Crippen LogP contribution in [0.3, 0.4) is 0 Å². The van der Waals surface area contributed by atoms with Crippen LogP contribution < -0.4 is 0 Å². The predicted molar refractivity (Wildman–Crippen MR) is 61.4 cm³/mol. The van der Waals surface area contributed by atoms with Gasteiger partial charge in [0.2, 0.25) is 0 Å². The molecule has 15 heavy (non-hydrogen) atoms. The zero-order chi connectivity index (χ0) is 10.9. The zero-order valence-corrected chi connectivity index (χ0v) is 10.00. The van der Waals surface area contributed by atoms with Crippen molar-refractivity contribution >= 4 is 0 Å². The Morgan fingerprint density at radius 3 is 2.60 bits per heavy atom. The van der Waals surface area contributed by atoms with Crippen LogP contribution in [0.1, 0.15) is 52.4 Å². The van der Waals surface area contributed by atoms with E-state index in [2.05, 4.69) is 24.8 Å². The molecular weight excluding hydrogens is 184 g/mol. The second kappa shape index (κ2) is 4.14. The maximum atomic E-state index is 8.78. The van der Waals surface area contributed by atoms with Gasteiger partial charge in [0, 0.05) is 24.5 Å². The van der Waals surface area contributed by atoms with Crippen molar-refractivity contribution in [1.29, 1.82) is 5.26 Å². The van der Waals surface area contributed by atoms with Crippen LogP contribution in [-0.4, -0.2) is 23.0 Å². The Kier molecular flexibility index (Phi) is 3.02. The summed E-state index contributed by atoms with van der Waals surface area (Å²) >= 11 is 0. The molecule has 1 aliphatic carbocycles. The number of likely N-dealkylation sites (tertiary alicyclic amines) is 1. The molecule has 1 aliphatic heterocycles. The summed E-state index contributed by atoms with van der Waals surface area (Å²) in [6.07, 6.45) is 7.51. The molecule has 1 unspecified atom stereocenters. The first-order valence-electron chi connectivity index (χ1n) is 6.27. The van der Waals surface area contributed by atoms with Crippen LogP contribution in [0.4, 0.5) is 0 Å². The van der Waals surface area contributed by atoms with Crippen molar-refractivity contribution in [2.75, 3.05) is 6.54 Å². The summed E-state index contributed by atoms with van der Waals surface area (Å²) in [6.45, 7) is 5.86. The fourth-order valence-electron chi connectivity index (χ4n) is 3.54. The van der Waals surface area contributed by atoms with Gasteiger partial charge in [0.15, 0.2) is 0 Å². The molecule has 2 rings (SSSR count). The Balaban J connectivity index is 2.01. The summed E-state index contributed by atoms with van der Waals surface area (Å²) in [5, 5.41) is 8.78. The van der Waals surface area contributed by atoms with Crippen molar-refractivity contribution in [2.24, 2.45) is 5.92 Å². The molecule has 2 aliphatic rings. The zero-order valence-electron chi connectivity index (χ0n) is 10.00. The highest BCUT2D eigenvalue weighted by atomic mass is 15.2. The number of hydrogen-bond acceptors (Lipinski definition) is 2. The van der Waals surface area contributed by atoms with Crippen molar-refractivity contribution in [3.63, 3.8) is 0 Å². The molecule has 0 spiro atoms. The minimum Gasteiger partial charge on any atom is -0.295 e. The van der Waals surface area contributed by atoms with E-state index in [9.17, 15) is 0 Å². The van der Waals surface area contributed by atoms with Gasteiger partial charge in [-0.3, -0.25) is 4.90 Å². The normalized spacial score (nSPS) is 31.9. The van der Waals surface area contributed by atoms with E-state index in [1.54, 1.807) is 0 Å². The lowest BCUT2D eigenvalue weighted by Crippen LogP contribution is -2.44. The molecule has 1 saturated carbocycles. The quantitative estimate of drug-likeness (QED) is 0.694. The van der Waals surface area contributed by atoms with Crippen LogP contribution in [0.2, 0.25) is 0 Å². The van der Waals surface area contributed by atoms with Gasteiger partial charge in [0.05, 0.1) is 6.07 Å². The van der Waals surface area contributed by atoms with Gasteiger partial charge < -0.3 is 0 Å². The molecule has 0 bridgehead atoms. The Labute approximate surface area is 93.3 Å². The van der Waals surface area contributed by atoms with Crippen molar-refractivity contribution in [3.05, 3.63) is 0 Å². The van der Waals surface area contributed by atoms with Crippen LogP contribution in [-0.2, 0) is 0 Å². The predicted octanol–water partition coefficient (Wildman–Crippen LogP) is 2.94. The summed E-state index contributed by atoms with van der Waals surface area (Å²) in [4.78, 5) is 2.68. The molecule has 1 saturated heterocycles. The smallest absolute Gasteiger partial charge is 0.0625 e. The van der Waals surface area contributed by atoms with Crippen molar-refractivity contribution in [2.45, 2.75) is 64.0 Å². The Hall–Kier alpha value is -0.550. The van der Waals surface area contributed by atoms with Gasteiger partial charge in [-0.25, -0.2) is 0 Å². The first-order valence-corrected chi connectivity index (χ1v) is 6.27. The second-order valence-electron chi connectivity index (χ2n) is 5.84. The molecule has 0 N–H and O–H groups in total. The largest absolute Gasteiger partial charge is 0.295 e. The van der Waals surface area contributed by atoms with Gasteiger partial charge >= 0.3 is 0 Å². The summed E-state index contributed by atoms with van der Waals surface area (Å²) in [7, 11) is 0. The van der Waals surface area contributed by atoms with E-state index in [1.807, 2.05) is 0 Å². The minimum atomic E-state index is 0.330. The molecule has 2 heteroatoms. The highest BCUT2D eigenvalue weighted by Gasteiger charge is 2.42. The van der Waals surface area contributed by atoms with Gasteiger partial charge in [-0.1, -0.05) is 12.8 Å². The molecule has 0 aromatic carbocycles. The van der Waals surface area contributed by atoms with Gasteiger partial charge in [0.25, 0.3) is 0 Å². The van der Waals surface area contributed by atoms with Crippen LogP contribution >= 0.6 is 0 Å². The average Bonchev–Trinajstić information content (AvgIpc) is 2.73. The van der Waals surface area contributed by atoms with Gasteiger partial charge in [-0.2, -0.15) is 5.26 Å². The maximum absolute atomic E-state index is 8.78. The number of rotatable bonds is 2. The van der Waals surface area contributed by atoms with E-state index in [1.165, 1.54) is 32.1 Å². The molecule has 2 nitrogen and oxygen atoms in total. The van der Waals surface area contributed by atoms with Crippen molar-refractivity contribution < 1.29 is 0 Å². The number of nitrogens with zero attached hydrogens (tertiary/aromatic N) is 2. The molecule has 2 fully saturated rings. The molecule has 0 amide bonds. The van der Waals surface area contributed by atoms with Crippen molar-refractivity contribution in [3.8, 4) is 6.07 Å². The van der Waals surface area contributed by atoms with E-state index < -0.39 is 0 Å². The maximum Gasteiger partial charge on any atom is 0.0625 e. The average molecular weight is 206 g/mol. The molecule has 0 radical (unpaired) electrons. The summed E-state index contributed by atoms with van der Waals surface area (Å²) in [6, 6.07) is 3.14. The third-order valence-corrected chi connectivity index (χ3v) is 4.17. The monoisotopic (exact) mass is 206 g/mol.